The SMILES string of the molecule is CCOCCCCOc1ccc(-c2ccc(N3C(=S)N(c4ccc(C#N)c(C(F)(F)F)c4F)C(=O)C3(C)C)cn2)cc1. The Morgan fingerprint density at radius 2 is 1.74 bits per heavy atom. The number of halogens is 4. The van der Waals surface area contributed by atoms with Crippen LogP contribution in [0, 0.1) is 17.1 Å². The minimum absolute atomic E-state index is 0.223. The summed E-state index contributed by atoms with van der Waals surface area (Å²) in [5.74, 6) is -1.76. The third-order valence-corrected chi connectivity index (χ3v) is 7.11. The molecule has 0 N–H and O–H groups in total. The van der Waals surface area contributed by atoms with Crippen LogP contribution in [0.2, 0.25) is 0 Å². The molecule has 12 heteroatoms. The number of benzene rings is 2. The van der Waals surface area contributed by atoms with Gasteiger partial charge in [-0.25, -0.2) is 4.39 Å². The van der Waals surface area contributed by atoms with Crippen molar-refractivity contribution in [2.24, 2.45) is 0 Å². The van der Waals surface area contributed by atoms with Gasteiger partial charge in [0, 0.05) is 18.8 Å². The average molecular weight is 601 g/mol. The van der Waals surface area contributed by atoms with Gasteiger partial charge >= 0.3 is 6.18 Å². The molecule has 3 aromatic rings. The number of alkyl halides is 3. The van der Waals surface area contributed by atoms with Crippen molar-refractivity contribution in [3.63, 3.8) is 0 Å². The first-order valence-electron chi connectivity index (χ1n) is 13.2. The van der Waals surface area contributed by atoms with Crippen LogP contribution in [0.1, 0.15) is 44.7 Å². The molecule has 1 aliphatic rings. The molecule has 42 heavy (non-hydrogen) atoms. The van der Waals surface area contributed by atoms with E-state index in [1.54, 1.807) is 12.1 Å². The molecule has 0 aliphatic carbocycles. The molecular weight excluding hydrogens is 572 g/mol. The molecule has 1 saturated heterocycles. The predicted octanol–water partition coefficient (Wildman–Crippen LogP) is 6.89. The van der Waals surface area contributed by atoms with Gasteiger partial charge in [-0.2, -0.15) is 18.4 Å². The summed E-state index contributed by atoms with van der Waals surface area (Å²) in [4.78, 5) is 20.0. The largest absolute Gasteiger partial charge is 0.494 e. The maximum absolute atomic E-state index is 15.2. The fourth-order valence-corrected chi connectivity index (χ4v) is 5.12. The Morgan fingerprint density at radius 3 is 2.33 bits per heavy atom. The molecule has 220 valence electrons. The molecular formula is C30H28F4N4O3S. The van der Waals surface area contributed by atoms with Crippen LogP contribution in [0.25, 0.3) is 11.3 Å². The number of thiocarbonyl (C=S) groups is 1. The summed E-state index contributed by atoms with van der Waals surface area (Å²) in [7, 11) is 0. The first-order valence-corrected chi connectivity index (χ1v) is 13.6. The molecule has 0 radical (unpaired) electrons. The Kier molecular flexibility index (Phi) is 9.13. The van der Waals surface area contributed by atoms with Gasteiger partial charge in [-0.05, 0) is 94.4 Å². The summed E-state index contributed by atoms with van der Waals surface area (Å²) in [6.07, 6.45) is -1.88. The molecule has 2 aromatic carbocycles. The number of amides is 1. The van der Waals surface area contributed by atoms with Crippen molar-refractivity contribution in [2.45, 2.75) is 45.3 Å². The summed E-state index contributed by atoms with van der Waals surface area (Å²) in [5.41, 5.74) is -2.88. The lowest BCUT2D eigenvalue weighted by Gasteiger charge is -2.29. The van der Waals surface area contributed by atoms with Crippen LogP contribution in [0.3, 0.4) is 0 Å². The van der Waals surface area contributed by atoms with Crippen LogP contribution >= 0.6 is 12.2 Å². The molecule has 0 atom stereocenters. The van der Waals surface area contributed by atoms with Crippen molar-refractivity contribution in [1.29, 1.82) is 5.26 Å². The number of ether oxygens (including phenoxy) is 2. The summed E-state index contributed by atoms with van der Waals surface area (Å²) < 4.78 is 67.1. The molecule has 1 aromatic heterocycles. The quantitative estimate of drug-likeness (QED) is 0.142. The minimum Gasteiger partial charge on any atom is -0.494 e. The van der Waals surface area contributed by atoms with Gasteiger partial charge in [0.1, 0.15) is 16.9 Å². The normalized spacial score (nSPS) is 14.8. The molecule has 0 spiro atoms. The van der Waals surface area contributed by atoms with Gasteiger partial charge in [0.15, 0.2) is 10.9 Å². The van der Waals surface area contributed by atoms with Crippen LogP contribution in [-0.4, -0.2) is 41.4 Å². The molecule has 1 aliphatic heterocycles. The Bertz CT molecular complexity index is 1500. The van der Waals surface area contributed by atoms with Gasteiger partial charge in [-0.1, -0.05) is 0 Å². The van der Waals surface area contributed by atoms with Gasteiger partial charge in [0.25, 0.3) is 5.91 Å². The summed E-state index contributed by atoms with van der Waals surface area (Å²) >= 11 is 5.48. The summed E-state index contributed by atoms with van der Waals surface area (Å²) in [6.45, 7) is 6.98. The molecule has 7 nitrogen and oxygen atoms in total. The molecule has 4 rings (SSSR count). The highest BCUT2D eigenvalue weighted by atomic mass is 32.1. The van der Waals surface area contributed by atoms with Crippen molar-refractivity contribution in [3.8, 4) is 23.1 Å². The first kappa shape index (κ1) is 30.9. The molecule has 0 unspecified atom stereocenters. The van der Waals surface area contributed by atoms with Gasteiger partial charge in [-0.15, -0.1) is 0 Å². The second-order valence-corrected chi connectivity index (χ2v) is 10.3. The minimum atomic E-state index is -5.15. The van der Waals surface area contributed by atoms with Crippen LogP contribution in [0.15, 0.2) is 54.7 Å². The maximum Gasteiger partial charge on any atom is 0.420 e. The second kappa shape index (κ2) is 12.4. The second-order valence-electron chi connectivity index (χ2n) is 9.93. The highest BCUT2D eigenvalue weighted by molar-refractivity contribution is 7.81. The van der Waals surface area contributed by atoms with Crippen molar-refractivity contribution in [3.05, 3.63) is 71.7 Å². The number of pyridine rings is 1. The molecule has 1 amide bonds. The highest BCUT2D eigenvalue weighted by Gasteiger charge is 2.52. The zero-order valence-electron chi connectivity index (χ0n) is 23.2. The van der Waals surface area contributed by atoms with E-state index in [0.717, 1.165) is 41.2 Å². The average Bonchev–Trinajstić information content (AvgIpc) is 3.13. The highest BCUT2D eigenvalue weighted by Crippen LogP contribution is 2.42. The standard InChI is InChI=1S/C30H28F4N4O3S/c1-4-40-15-5-6-16-41-22-11-7-19(8-12-22)23-13-10-21(18-36-23)38-28(42)37(27(39)29(38,2)3)24-14-9-20(17-35)25(26(24)31)30(32,33)34/h7-14,18H,4-6,15-16H2,1-3H3. The van der Waals surface area contributed by atoms with E-state index in [9.17, 15) is 18.0 Å². The van der Waals surface area contributed by atoms with E-state index in [4.69, 9.17) is 27.0 Å². The summed E-state index contributed by atoms with van der Waals surface area (Å²) in [6, 6.07) is 13.9. The topological polar surface area (TPSA) is 78.7 Å². The van der Waals surface area contributed by atoms with Gasteiger partial charge in [0.05, 0.1) is 41.5 Å². The number of hydrogen-bond donors (Lipinski definition) is 0. The number of anilines is 2. The van der Waals surface area contributed by atoms with Gasteiger partial charge in [-0.3, -0.25) is 14.7 Å². The van der Waals surface area contributed by atoms with Crippen LogP contribution in [-0.2, 0) is 15.7 Å². The Hall–Kier alpha value is -4.08. The number of unbranched alkanes of at least 4 members (excludes halogenated alkanes) is 1. The fourth-order valence-electron chi connectivity index (χ4n) is 4.60. The number of carbonyl (C=O) groups excluding carboxylic acids is 1. The zero-order chi connectivity index (χ0) is 30.7. The number of nitriles is 1. The lowest BCUT2D eigenvalue weighted by atomic mass is 10.0. The molecule has 0 saturated carbocycles. The van der Waals surface area contributed by atoms with Crippen LogP contribution < -0.4 is 14.5 Å². The van der Waals surface area contributed by atoms with E-state index in [0.29, 0.717) is 31.2 Å². The molecule has 2 heterocycles. The third-order valence-electron chi connectivity index (χ3n) is 6.75. The number of aromatic nitrogens is 1. The van der Waals surface area contributed by atoms with Gasteiger partial charge < -0.3 is 14.4 Å². The molecule has 1 fully saturated rings. The van der Waals surface area contributed by atoms with Crippen molar-refractivity contribution in [1.82, 2.24) is 4.98 Å². The van der Waals surface area contributed by atoms with E-state index < -0.39 is 40.3 Å². The number of hydrogen-bond acceptors (Lipinski definition) is 6. The van der Waals surface area contributed by atoms with Crippen LogP contribution in [0.4, 0.5) is 28.9 Å². The predicted molar refractivity (Wildman–Crippen MR) is 154 cm³/mol. The van der Waals surface area contributed by atoms with Crippen molar-refractivity contribution < 1.29 is 31.8 Å². The fraction of sp³-hybridized carbons (Fsp3) is 0.333. The Labute approximate surface area is 246 Å². The van der Waals surface area contributed by atoms with Gasteiger partial charge in [0.2, 0.25) is 0 Å². The van der Waals surface area contributed by atoms with E-state index in [2.05, 4.69) is 4.98 Å². The Balaban J connectivity index is 1.54. The Morgan fingerprint density at radius 1 is 1.05 bits per heavy atom. The van der Waals surface area contributed by atoms with E-state index >= 15 is 4.39 Å². The maximum atomic E-state index is 15.2. The lowest BCUT2D eigenvalue weighted by molar-refractivity contribution is -0.140. The van der Waals surface area contributed by atoms with Crippen molar-refractivity contribution in [2.75, 3.05) is 29.6 Å². The smallest absolute Gasteiger partial charge is 0.420 e. The first-order chi connectivity index (χ1) is 19.9. The van der Waals surface area contributed by atoms with E-state index in [1.807, 2.05) is 31.2 Å². The van der Waals surface area contributed by atoms with E-state index in [1.165, 1.54) is 31.0 Å². The lowest BCUT2D eigenvalue weighted by Crippen LogP contribution is -2.44. The van der Waals surface area contributed by atoms with Crippen molar-refractivity contribution >= 4 is 34.6 Å². The van der Waals surface area contributed by atoms with Crippen LogP contribution in [0.5, 0.6) is 5.75 Å². The number of carbonyl (C=O) groups is 1. The summed E-state index contributed by atoms with van der Waals surface area (Å²) in [5, 5.41) is 8.85. The number of rotatable bonds is 10. The van der Waals surface area contributed by atoms with E-state index in [-0.39, 0.29) is 5.11 Å². The third kappa shape index (κ3) is 6.07. The zero-order valence-corrected chi connectivity index (χ0v) is 24.0. The monoisotopic (exact) mass is 600 g/mol. The number of nitrogens with zero attached hydrogens (tertiary/aromatic N) is 4. The molecule has 0 bridgehead atoms.